The van der Waals surface area contributed by atoms with Crippen LogP contribution in [0.25, 0.3) is 11.2 Å². The molecule has 0 amide bonds. The summed E-state index contributed by atoms with van der Waals surface area (Å²) in [6.45, 7) is 6.58. The fourth-order valence-corrected chi connectivity index (χ4v) is 6.11. The van der Waals surface area contributed by atoms with Gasteiger partial charge in [-0.2, -0.15) is 13.2 Å². The Morgan fingerprint density at radius 1 is 1.22 bits per heavy atom. The number of fused-ring (bicyclic) bond motifs is 1. The van der Waals surface area contributed by atoms with E-state index in [1.54, 1.807) is 18.6 Å². The van der Waals surface area contributed by atoms with Gasteiger partial charge in [-0.15, -0.1) is 0 Å². The molecule has 1 unspecified atom stereocenters. The summed E-state index contributed by atoms with van der Waals surface area (Å²) in [5.41, 5.74) is -0.0467. The van der Waals surface area contributed by atoms with E-state index in [9.17, 15) is 18.0 Å². The van der Waals surface area contributed by atoms with E-state index >= 15 is 0 Å². The maximum absolute atomic E-state index is 14.4. The summed E-state index contributed by atoms with van der Waals surface area (Å²) in [7, 11) is 1.88. The molecule has 1 aromatic carbocycles. The second-order valence-electron chi connectivity index (χ2n) is 11.2. The predicted molar refractivity (Wildman–Crippen MR) is 145 cm³/mol. The zero-order valence-corrected chi connectivity index (χ0v) is 23.3. The van der Waals surface area contributed by atoms with Crippen molar-refractivity contribution >= 4 is 11.9 Å². The summed E-state index contributed by atoms with van der Waals surface area (Å²) in [6.07, 6.45) is 1.82. The van der Waals surface area contributed by atoms with Crippen LogP contribution in [-0.2, 0) is 21.1 Å². The van der Waals surface area contributed by atoms with Crippen LogP contribution in [-0.4, -0.2) is 70.8 Å². The Labute approximate surface area is 235 Å². The highest BCUT2D eigenvalue weighted by Crippen LogP contribution is 2.41. The lowest BCUT2D eigenvalue weighted by atomic mass is 9.75. The maximum atomic E-state index is 14.4. The van der Waals surface area contributed by atoms with E-state index in [0.717, 1.165) is 16.1 Å². The van der Waals surface area contributed by atoms with Gasteiger partial charge in [0.2, 0.25) is 0 Å². The molecule has 2 aromatic heterocycles. The summed E-state index contributed by atoms with van der Waals surface area (Å²) in [6, 6.07) is 8.29. The number of imidazole rings is 1. The number of ether oxygens (including phenoxy) is 2. The smallest absolute Gasteiger partial charge is 0.379 e. The lowest BCUT2D eigenvalue weighted by molar-refractivity contribution is -0.478. The summed E-state index contributed by atoms with van der Waals surface area (Å²) in [4.78, 5) is 15.9. The van der Waals surface area contributed by atoms with Gasteiger partial charge in [0.1, 0.15) is 0 Å². The summed E-state index contributed by atoms with van der Waals surface area (Å²) in [5.74, 6) is 0. The number of halogens is 3. The first kappa shape index (κ1) is 27.8. The second-order valence-corrected chi connectivity index (χ2v) is 11.2. The van der Waals surface area contributed by atoms with Gasteiger partial charge in [0, 0.05) is 43.4 Å². The number of aromatic nitrogens is 2. The van der Waals surface area contributed by atoms with Crippen LogP contribution >= 0.6 is 0 Å². The number of benzene rings is 1. The summed E-state index contributed by atoms with van der Waals surface area (Å²) < 4.78 is 58.8. The van der Waals surface area contributed by atoms with Crippen molar-refractivity contribution in [1.29, 1.82) is 0 Å². The Morgan fingerprint density at radius 2 is 2.02 bits per heavy atom. The standard InChI is InChI=1S/C29H33F3N6O3/c1-4-24(36-8-9-41-19(2)13-36)20-10-23(29(30,31)32)25-15-37(27(39)38(25)14-20)22-7-5-6-21(11-22)28(16-40-17-28)12-26-34-33-18-35(26)3/h5-7,10-11,14-15,18-19,24H,4,8-9,12-13,16-17H2,1-3H3/q+1/t19-,24?/m1/s1. The van der Waals surface area contributed by atoms with Crippen LogP contribution in [0.1, 0.15) is 49.4 Å². The number of pyridine rings is 1. The quantitative estimate of drug-likeness (QED) is 0.391. The molecule has 217 valence electrons. The van der Waals surface area contributed by atoms with Crippen molar-refractivity contribution in [3.63, 3.8) is 0 Å². The molecule has 41 heavy (non-hydrogen) atoms. The van der Waals surface area contributed by atoms with Crippen molar-refractivity contribution in [3.8, 4) is 5.69 Å². The Hall–Kier alpha value is -3.35. The Morgan fingerprint density at radius 3 is 2.66 bits per heavy atom. The first-order valence-corrected chi connectivity index (χ1v) is 13.8. The topological polar surface area (TPSA) is 75.8 Å². The highest BCUT2D eigenvalue weighted by atomic mass is 19.4. The Balaban J connectivity index is 1.42. The van der Waals surface area contributed by atoms with Crippen molar-refractivity contribution in [1.82, 2.24) is 13.9 Å². The molecule has 2 atom stereocenters. The van der Waals surface area contributed by atoms with Crippen LogP contribution in [0.3, 0.4) is 0 Å². The van der Waals surface area contributed by atoms with E-state index in [1.807, 2.05) is 43.7 Å². The van der Waals surface area contributed by atoms with Crippen molar-refractivity contribution in [3.05, 3.63) is 76.1 Å². The van der Waals surface area contributed by atoms with E-state index in [-0.39, 0.29) is 23.1 Å². The van der Waals surface area contributed by atoms with Crippen LogP contribution in [0.15, 0.2) is 57.7 Å². The molecule has 2 fully saturated rings. The number of azo groups is 1. The van der Waals surface area contributed by atoms with Gasteiger partial charge in [0.25, 0.3) is 0 Å². The number of nitrogens with zero attached hydrogens (tertiary/aromatic N) is 6. The SMILES string of the molecule is CCC(c1cc(C(F)(F)F)c2cn(-c3cccc(C4(C[C]5N=NC=[N+]5C)COC4)c3)c(=O)n2c1)N1CCO[C@H](C)C1. The molecule has 0 bridgehead atoms. The normalized spacial score (nSPS) is 22.2. The fraction of sp³-hybridized carbons (Fsp3) is 0.483. The van der Waals surface area contributed by atoms with Crippen molar-refractivity contribution < 1.29 is 27.2 Å². The fourth-order valence-electron chi connectivity index (χ4n) is 6.11. The Bertz CT molecular complexity index is 1570. The van der Waals surface area contributed by atoms with Crippen LogP contribution < -0.4 is 5.69 Å². The zero-order chi connectivity index (χ0) is 28.9. The predicted octanol–water partition coefficient (Wildman–Crippen LogP) is 4.56. The molecule has 3 aliphatic rings. The van der Waals surface area contributed by atoms with Gasteiger partial charge in [-0.25, -0.2) is 9.37 Å². The van der Waals surface area contributed by atoms with Crippen LogP contribution in [0.4, 0.5) is 13.2 Å². The van der Waals surface area contributed by atoms with E-state index in [4.69, 9.17) is 9.47 Å². The lowest BCUT2D eigenvalue weighted by Gasteiger charge is -2.42. The third-order valence-corrected chi connectivity index (χ3v) is 8.37. The number of hydrogen-bond donors (Lipinski definition) is 0. The van der Waals surface area contributed by atoms with Gasteiger partial charge in [-0.05, 0) is 47.8 Å². The molecule has 0 aliphatic carbocycles. The first-order chi connectivity index (χ1) is 19.6. The monoisotopic (exact) mass is 570 g/mol. The molecular formula is C29H33F3N6O3+. The third-order valence-electron chi connectivity index (χ3n) is 8.37. The highest BCUT2D eigenvalue weighted by molar-refractivity contribution is 5.58. The van der Waals surface area contributed by atoms with E-state index in [0.29, 0.717) is 57.0 Å². The molecule has 3 aromatic rings. The average molecular weight is 571 g/mol. The van der Waals surface area contributed by atoms with Gasteiger partial charge in [0.15, 0.2) is 0 Å². The molecule has 12 heteroatoms. The minimum Gasteiger partial charge on any atom is -0.379 e. The molecule has 0 N–H and O–H groups in total. The minimum atomic E-state index is -4.64. The van der Waals surface area contributed by atoms with E-state index in [1.165, 1.54) is 16.8 Å². The molecule has 6 rings (SSSR count). The van der Waals surface area contributed by atoms with Crippen molar-refractivity contribution in [2.45, 2.75) is 50.4 Å². The van der Waals surface area contributed by atoms with Gasteiger partial charge < -0.3 is 9.47 Å². The van der Waals surface area contributed by atoms with Crippen LogP contribution in [0, 0.1) is 6.17 Å². The Kier molecular flexibility index (Phi) is 7.11. The number of morpholine rings is 1. The minimum absolute atomic E-state index is 0.0160. The van der Waals surface area contributed by atoms with Gasteiger partial charge >= 0.3 is 24.4 Å². The molecule has 9 nitrogen and oxygen atoms in total. The molecule has 5 heterocycles. The van der Waals surface area contributed by atoms with Crippen LogP contribution in [0.2, 0.25) is 0 Å². The molecule has 3 aliphatic heterocycles. The number of alkyl halides is 3. The molecule has 0 spiro atoms. The van der Waals surface area contributed by atoms with E-state index < -0.39 is 17.4 Å². The molecule has 2 saturated heterocycles. The third kappa shape index (κ3) is 5.02. The summed E-state index contributed by atoms with van der Waals surface area (Å²) >= 11 is 0. The summed E-state index contributed by atoms with van der Waals surface area (Å²) in [5, 5.41) is 8.18. The van der Waals surface area contributed by atoms with Crippen LogP contribution in [0.5, 0.6) is 0 Å². The van der Waals surface area contributed by atoms with E-state index in [2.05, 4.69) is 15.1 Å². The first-order valence-electron chi connectivity index (χ1n) is 13.8. The van der Waals surface area contributed by atoms with Crippen molar-refractivity contribution in [2.24, 2.45) is 10.2 Å². The molecule has 0 saturated carbocycles. The second kappa shape index (κ2) is 10.5. The maximum Gasteiger partial charge on any atom is 0.418 e. The highest BCUT2D eigenvalue weighted by Gasteiger charge is 2.46. The largest absolute Gasteiger partial charge is 0.418 e. The van der Waals surface area contributed by atoms with Crippen molar-refractivity contribution in [2.75, 3.05) is 40.0 Å². The number of rotatable bonds is 7. The molecular weight excluding hydrogens is 537 g/mol. The lowest BCUT2D eigenvalue weighted by Crippen LogP contribution is -2.48. The zero-order valence-electron chi connectivity index (χ0n) is 23.3. The number of hydrogen-bond acceptors (Lipinski definition) is 6. The van der Waals surface area contributed by atoms with Gasteiger partial charge in [-0.3, -0.25) is 13.9 Å². The molecule has 1 radical (unpaired) electrons. The van der Waals surface area contributed by atoms with Gasteiger partial charge in [0.05, 0.1) is 54.9 Å². The average Bonchev–Trinajstić information content (AvgIpc) is 3.48. The van der Waals surface area contributed by atoms with Gasteiger partial charge in [-0.1, -0.05) is 19.1 Å².